The molecule has 3 aromatic rings. The van der Waals surface area contributed by atoms with E-state index in [1.807, 2.05) is 61.5 Å². The lowest BCUT2D eigenvalue weighted by Gasteiger charge is -2.15. The number of hydrogen-bond donors (Lipinski definition) is 1. The van der Waals surface area contributed by atoms with Crippen LogP contribution in [0.4, 0.5) is 0 Å². The summed E-state index contributed by atoms with van der Waals surface area (Å²) in [5.74, 6) is -0.887. The Labute approximate surface area is 154 Å². The van der Waals surface area contributed by atoms with E-state index in [9.17, 15) is 9.90 Å². The fourth-order valence-electron chi connectivity index (χ4n) is 3.22. The summed E-state index contributed by atoms with van der Waals surface area (Å²) < 4.78 is 0. The van der Waals surface area contributed by atoms with Crippen LogP contribution in [0.25, 0.3) is 11.6 Å². The first kappa shape index (κ1) is 17.7. The van der Waals surface area contributed by atoms with E-state index in [2.05, 4.69) is 18.2 Å². The van der Waals surface area contributed by atoms with Gasteiger partial charge in [-0.1, -0.05) is 78.9 Å². The zero-order chi connectivity index (χ0) is 18.4. The van der Waals surface area contributed by atoms with Gasteiger partial charge in [0.25, 0.3) is 0 Å². The maximum atomic E-state index is 11.8. The highest BCUT2D eigenvalue weighted by Crippen LogP contribution is 2.29. The van der Waals surface area contributed by atoms with Gasteiger partial charge in [-0.3, -0.25) is 0 Å². The Hall–Kier alpha value is -3.13. The summed E-state index contributed by atoms with van der Waals surface area (Å²) in [4.78, 5) is 11.8. The van der Waals surface area contributed by atoms with Crippen molar-refractivity contribution in [2.75, 3.05) is 0 Å². The second-order valence-corrected chi connectivity index (χ2v) is 6.37. The lowest BCUT2D eigenvalue weighted by Crippen LogP contribution is -2.05. The number of benzene rings is 3. The minimum atomic E-state index is -0.887. The van der Waals surface area contributed by atoms with Crippen molar-refractivity contribution in [3.63, 3.8) is 0 Å². The molecule has 0 heterocycles. The Morgan fingerprint density at radius 3 is 2.19 bits per heavy atom. The van der Waals surface area contributed by atoms with Crippen LogP contribution in [-0.2, 0) is 6.42 Å². The van der Waals surface area contributed by atoms with Gasteiger partial charge < -0.3 is 5.11 Å². The number of carboxylic acid groups (broad SMARTS) is 1. The van der Waals surface area contributed by atoms with E-state index in [1.54, 1.807) is 12.1 Å². The Morgan fingerprint density at radius 2 is 1.54 bits per heavy atom. The molecule has 3 rings (SSSR count). The molecule has 0 atom stereocenters. The first-order chi connectivity index (χ1) is 12.6. The Kier molecular flexibility index (Phi) is 5.65. The summed E-state index contributed by atoms with van der Waals surface area (Å²) in [5.41, 5.74) is 5.56. The molecule has 2 heteroatoms. The largest absolute Gasteiger partial charge is 0.478 e. The molecule has 0 aromatic heterocycles. The first-order valence-electron chi connectivity index (χ1n) is 8.78. The standard InChI is InChI=1S/C24H22O2/c1-18-9-8-14-22(24(25)26)23(18)21(17-20-12-6-3-7-13-20)16-15-19-10-4-2-5-11-19/h2-14,17H,15-16H2,1H3,(H,25,26)/b21-17-. The van der Waals surface area contributed by atoms with Crippen LogP contribution in [0.15, 0.2) is 78.9 Å². The fourth-order valence-corrected chi connectivity index (χ4v) is 3.22. The van der Waals surface area contributed by atoms with Crippen LogP contribution >= 0.6 is 0 Å². The molecule has 0 saturated carbocycles. The maximum absolute atomic E-state index is 11.8. The molecule has 0 aliphatic heterocycles. The molecule has 2 nitrogen and oxygen atoms in total. The number of aromatic carboxylic acids is 1. The molecule has 0 aliphatic carbocycles. The van der Waals surface area contributed by atoms with Crippen molar-refractivity contribution >= 4 is 17.6 Å². The van der Waals surface area contributed by atoms with Gasteiger partial charge in [-0.25, -0.2) is 4.79 Å². The summed E-state index contributed by atoms with van der Waals surface area (Å²) in [7, 11) is 0. The number of rotatable bonds is 6. The average molecular weight is 342 g/mol. The zero-order valence-electron chi connectivity index (χ0n) is 14.9. The van der Waals surface area contributed by atoms with Gasteiger partial charge in [0.15, 0.2) is 0 Å². The normalized spacial score (nSPS) is 11.3. The summed E-state index contributed by atoms with van der Waals surface area (Å²) in [6.07, 6.45) is 3.76. The fraction of sp³-hybridized carbons (Fsp3) is 0.125. The molecule has 130 valence electrons. The quantitative estimate of drug-likeness (QED) is 0.569. The molecule has 0 radical (unpaired) electrons. The van der Waals surface area contributed by atoms with E-state index in [1.165, 1.54) is 5.56 Å². The van der Waals surface area contributed by atoms with E-state index in [0.717, 1.165) is 35.1 Å². The number of carboxylic acids is 1. The third-order valence-corrected chi connectivity index (χ3v) is 4.49. The smallest absolute Gasteiger partial charge is 0.336 e. The molecule has 0 spiro atoms. The third kappa shape index (κ3) is 4.28. The number of aryl methyl sites for hydroxylation is 2. The highest BCUT2D eigenvalue weighted by atomic mass is 16.4. The van der Waals surface area contributed by atoms with Gasteiger partial charge in [-0.05, 0) is 53.7 Å². The van der Waals surface area contributed by atoms with Crippen molar-refractivity contribution in [3.05, 3.63) is 107 Å². The number of hydrogen-bond acceptors (Lipinski definition) is 1. The lowest BCUT2D eigenvalue weighted by atomic mass is 9.89. The van der Waals surface area contributed by atoms with Crippen LogP contribution in [0.2, 0.25) is 0 Å². The Morgan fingerprint density at radius 1 is 0.885 bits per heavy atom. The van der Waals surface area contributed by atoms with Crippen LogP contribution in [0.5, 0.6) is 0 Å². The van der Waals surface area contributed by atoms with Gasteiger partial charge in [0.2, 0.25) is 0 Å². The van der Waals surface area contributed by atoms with E-state index < -0.39 is 5.97 Å². The van der Waals surface area contributed by atoms with Gasteiger partial charge in [0, 0.05) is 0 Å². The van der Waals surface area contributed by atoms with E-state index in [0.29, 0.717) is 5.56 Å². The van der Waals surface area contributed by atoms with Crippen molar-refractivity contribution in [1.82, 2.24) is 0 Å². The summed E-state index contributed by atoms with van der Waals surface area (Å²) in [6, 6.07) is 25.8. The van der Waals surface area contributed by atoms with Crippen molar-refractivity contribution < 1.29 is 9.90 Å². The minimum absolute atomic E-state index is 0.361. The van der Waals surface area contributed by atoms with Crippen molar-refractivity contribution in [3.8, 4) is 0 Å². The molecule has 0 unspecified atom stereocenters. The maximum Gasteiger partial charge on any atom is 0.336 e. The van der Waals surface area contributed by atoms with Crippen molar-refractivity contribution in [2.45, 2.75) is 19.8 Å². The van der Waals surface area contributed by atoms with Crippen molar-refractivity contribution in [1.29, 1.82) is 0 Å². The molecular formula is C24H22O2. The van der Waals surface area contributed by atoms with Gasteiger partial charge >= 0.3 is 5.97 Å². The van der Waals surface area contributed by atoms with Crippen LogP contribution < -0.4 is 0 Å². The lowest BCUT2D eigenvalue weighted by molar-refractivity contribution is 0.0696. The third-order valence-electron chi connectivity index (χ3n) is 4.49. The average Bonchev–Trinajstić information content (AvgIpc) is 2.66. The van der Waals surface area contributed by atoms with Gasteiger partial charge in [0.05, 0.1) is 5.56 Å². The molecule has 0 amide bonds. The molecule has 1 N–H and O–H groups in total. The predicted octanol–water partition coefficient (Wildman–Crippen LogP) is 5.87. The van der Waals surface area contributed by atoms with Gasteiger partial charge in [-0.15, -0.1) is 0 Å². The molecular weight excluding hydrogens is 320 g/mol. The van der Waals surface area contributed by atoms with Crippen molar-refractivity contribution in [2.24, 2.45) is 0 Å². The molecule has 3 aromatic carbocycles. The highest BCUT2D eigenvalue weighted by molar-refractivity contribution is 5.97. The molecule has 0 saturated heterocycles. The first-order valence-corrected chi connectivity index (χ1v) is 8.78. The monoisotopic (exact) mass is 342 g/mol. The summed E-state index contributed by atoms with van der Waals surface area (Å²) in [6.45, 7) is 1.98. The summed E-state index contributed by atoms with van der Waals surface area (Å²) >= 11 is 0. The van der Waals surface area contributed by atoms with Gasteiger partial charge in [-0.2, -0.15) is 0 Å². The molecule has 0 aliphatic rings. The molecule has 0 bridgehead atoms. The highest BCUT2D eigenvalue weighted by Gasteiger charge is 2.16. The van der Waals surface area contributed by atoms with Crippen LogP contribution in [0.3, 0.4) is 0 Å². The second kappa shape index (κ2) is 8.30. The molecule has 26 heavy (non-hydrogen) atoms. The zero-order valence-corrected chi connectivity index (χ0v) is 14.9. The second-order valence-electron chi connectivity index (χ2n) is 6.37. The SMILES string of the molecule is Cc1cccc(C(=O)O)c1/C(=C\c1ccccc1)CCc1ccccc1. The minimum Gasteiger partial charge on any atom is -0.478 e. The van der Waals surface area contributed by atoms with E-state index in [-0.39, 0.29) is 0 Å². The number of carbonyl (C=O) groups is 1. The molecule has 0 fully saturated rings. The van der Waals surface area contributed by atoms with Crippen LogP contribution in [-0.4, -0.2) is 11.1 Å². The topological polar surface area (TPSA) is 37.3 Å². The van der Waals surface area contributed by atoms with E-state index in [4.69, 9.17) is 0 Å². The Bertz CT molecular complexity index is 909. The Balaban J connectivity index is 2.04. The summed E-state index contributed by atoms with van der Waals surface area (Å²) in [5, 5.41) is 9.66. The number of allylic oxidation sites excluding steroid dienone is 1. The van der Waals surface area contributed by atoms with E-state index >= 15 is 0 Å². The van der Waals surface area contributed by atoms with Crippen LogP contribution in [0.1, 0.15) is 39.0 Å². The van der Waals surface area contributed by atoms with Crippen LogP contribution in [0, 0.1) is 6.92 Å². The predicted molar refractivity (Wildman–Crippen MR) is 107 cm³/mol. The van der Waals surface area contributed by atoms with Gasteiger partial charge in [0.1, 0.15) is 0 Å².